The van der Waals surface area contributed by atoms with Crippen LogP contribution in [0.3, 0.4) is 0 Å². The first-order chi connectivity index (χ1) is 7.24. The monoisotopic (exact) mass is 202 g/mol. The van der Waals surface area contributed by atoms with Crippen molar-refractivity contribution in [2.75, 3.05) is 0 Å². The smallest absolute Gasteiger partial charge is 0.0622 e. The second-order valence-electron chi connectivity index (χ2n) is 3.98. The van der Waals surface area contributed by atoms with Crippen LogP contribution < -0.4 is 5.32 Å². The summed E-state index contributed by atoms with van der Waals surface area (Å²) in [5, 5.41) is 12.1. The molecule has 80 valence electrons. The van der Waals surface area contributed by atoms with Gasteiger partial charge in [0, 0.05) is 18.5 Å². The first kappa shape index (κ1) is 11.7. The maximum Gasteiger partial charge on any atom is 0.0622 e. The van der Waals surface area contributed by atoms with Crippen LogP contribution in [-0.4, -0.2) is 6.04 Å². The Labute approximate surface area is 91.9 Å². The van der Waals surface area contributed by atoms with Gasteiger partial charge in [0.2, 0.25) is 0 Å². The molecule has 0 bridgehead atoms. The molecule has 1 N–H and O–H groups in total. The van der Waals surface area contributed by atoms with Crippen molar-refractivity contribution in [1.29, 1.82) is 5.26 Å². The molecule has 1 atom stereocenters. The Morgan fingerprint density at radius 3 is 2.47 bits per heavy atom. The molecule has 1 aromatic carbocycles. The summed E-state index contributed by atoms with van der Waals surface area (Å²) in [4.78, 5) is 0. The molecule has 15 heavy (non-hydrogen) atoms. The molecule has 0 aliphatic heterocycles. The Morgan fingerprint density at radius 1 is 1.27 bits per heavy atom. The van der Waals surface area contributed by atoms with Gasteiger partial charge >= 0.3 is 0 Å². The van der Waals surface area contributed by atoms with Crippen molar-refractivity contribution in [3.8, 4) is 6.07 Å². The van der Waals surface area contributed by atoms with Crippen molar-refractivity contribution >= 4 is 0 Å². The zero-order chi connectivity index (χ0) is 11.1. The molecule has 0 aliphatic rings. The summed E-state index contributed by atoms with van der Waals surface area (Å²) in [5.74, 6) is 0. The van der Waals surface area contributed by atoms with E-state index in [0.717, 1.165) is 6.42 Å². The van der Waals surface area contributed by atoms with Crippen LogP contribution >= 0.6 is 0 Å². The van der Waals surface area contributed by atoms with E-state index >= 15 is 0 Å². The summed E-state index contributed by atoms with van der Waals surface area (Å²) in [6, 6.07) is 13.2. The highest BCUT2D eigenvalue weighted by molar-refractivity contribution is 5.19. The minimum Gasteiger partial charge on any atom is -0.308 e. The lowest BCUT2D eigenvalue weighted by Gasteiger charge is -2.20. The number of benzene rings is 1. The highest BCUT2D eigenvalue weighted by Crippen LogP contribution is 2.18. The van der Waals surface area contributed by atoms with Crippen LogP contribution in [0.5, 0.6) is 0 Å². The maximum absolute atomic E-state index is 8.62. The van der Waals surface area contributed by atoms with Gasteiger partial charge in [0.15, 0.2) is 0 Å². The quantitative estimate of drug-likeness (QED) is 0.796. The zero-order valence-electron chi connectivity index (χ0n) is 9.40. The molecule has 0 heterocycles. The molecule has 0 aromatic heterocycles. The van der Waals surface area contributed by atoms with Crippen LogP contribution in [0.15, 0.2) is 30.3 Å². The summed E-state index contributed by atoms with van der Waals surface area (Å²) in [6.45, 7) is 4.25. The van der Waals surface area contributed by atoms with Crippen molar-refractivity contribution in [3.63, 3.8) is 0 Å². The summed E-state index contributed by atoms with van der Waals surface area (Å²) in [5.41, 5.74) is 1.27. The lowest BCUT2D eigenvalue weighted by molar-refractivity contribution is 0.456. The number of nitriles is 1. The third kappa shape index (κ3) is 4.14. The summed E-state index contributed by atoms with van der Waals surface area (Å²) < 4.78 is 0. The molecule has 0 fully saturated rings. The lowest BCUT2D eigenvalue weighted by atomic mass is 10.0. The van der Waals surface area contributed by atoms with Crippen molar-refractivity contribution in [1.82, 2.24) is 5.32 Å². The Hall–Kier alpha value is -1.33. The second kappa shape index (κ2) is 6.21. The fourth-order valence-electron chi connectivity index (χ4n) is 1.64. The van der Waals surface area contributed by atoms with Crippen molar-refractivity contribution in [2.24, 2.45) is 0 Å². The molecular weight excluding hydrogens is 184 g/mol. The first-order valence-corrected chi connectivity index (χ1v) is 5.42. The Morgan fingerprint density at radius 2 is 1.93 bits per heavy atom. The molecule has 2 heteroatoms. The SMILES string of the molecule is CC(C)NC(CCC#N)c1ccccc1. The van der Waals surface area contributed by atoms with Crippen molar-refractivity contribution in [3.05, 3.63) is 35.9 Å². The molecule has 0 aliphatic carbocycles. The fraction of sp³-hybridized carbons (Fsp3) is 0.462. The number of hydrogen-bond donors (Lipinski definition) is 1. The molecule has 0 radical (unpaired) electrons. The predicted octanol–water partition coefficient (Wildman–Crippen LogP) is 3.03. The van der Waals surface area contributed by atoms with Crippen LogP contribution in [0.2, 0.25) is 0 Å². The highest BCUT2D eigenvalue weighted by Gasteiger charge is 2.11. The lowest BCUT2D eigenvalue weighted by Crippen LogP contribution is -2.28. The molecule has 1 rings (SSSR count). The molecule has 2 nitrogen and oxygen atoms in total. The molecular formula is C13H18N2. The molecule has 0 amide bonds. The van der Waals surface area contributed by atoms with Gasteiger partial charge in [0.05, 0.1) is 6.07 Å². The Bertz CT molecular complexity index is 311. The third-order valence-corrected chi connectivity index (χ3v) is 2.28. The number of nitrogens with zero attached hydrogens (tertiary/aromatic N) is 1. The van der Waals surface area contributed by atoms with Gasteiger partial charge < -0.3 is 5.32 Å². The molecule has 0 saturated heterocycles. The highest BCUT2D eigenvalue weighted by atomic mass is 14.9. The van der Waals surface area contributed by atoms with E-state index in [0.29, 0.717) is 18.5 Å². The summed E-state index contributed by atoms with van der Waals surface area (Å²) in [7, 11) is 0. The van der Waals surface area contributed by atoms with Crippen molar-refractivity contribution < 1.29 is 0 Å². The average Bonchev–Trinajstić information content (AvgIpc) is 2.25. The number of nitrogens with one attached hydrogen (secondary N) is 1. The van der Waals surface area contributed by atoms with E-state index in [2.05, 4.69) is 37.4 Å². The third-order valence-electron chi connectivity index (χ3n) is 2.28. The average molecular weight is 202 g/mol. The first-order valence-electron chi connectivity index (χ1n) is 5.42. The van der Waals surface area contributed by atoms with E-state index in [1.165, 1.54) is 5.56 Å². The number of rotatable bonds is 5. The van der Waals surface area contributed by atoms with Crippen LogP contribution in [-0.2, 0) is 0 Å². The van der Waals surface area contributed by atoms with E-state index in [4.69, 9.17) is 5.26 Å². The summed E-state index contributed by atoms with van der Waals surface area (Å²) in [6.07, 6.45) is 1.47. The van der Waals surface area contributed by atoms with E-state index < -0.39 is 0 Å². The minimum atomic E-state index is 0.297. The van der Waals surface area contributed by atoms with Gasteiger partial charge in [0.1, 0.15) is 0 Å². The molecule has 0 saturated carbocycles. The predicted molar refractivity (Wildman–Crippen MR) is 62.3 cm³/mol. The van der Waals surface area contributed by atoms with E-state index in [-0.39, 0.29) is 0 Å². The van der Waals surface area contributed by atoms with Gasteiger partial charge in [-0.1, -0.05) is 44.2 Å². The van der Waals surface area contributed by atoms with Gasteiger partial charge in [-0.05, 0) is 12.0 Å². The van der Waals surface area contributed by atoms with Gasteiger partial charge in [-0.3, -0.25) is 0 Å². The summed E-state index contributed by atoms with van der Waals surface area (Å²) >= 11 is 0. The normalized spacial score (nSPS) is 12.4. The standard InChI is InChI=1S/C13H18N2/c1-11(2)15-13(9-6-10-14)12-7-4-3-5-8-12/h3-5,7-8,11,13,15H,6,9H2,1-2H3. The Kier molecular flexibility index (Phi) is 4.86. The second-order valence-corrected chi connectivity index (χ2v) is 3.98. The van der Waals surface area contributed by atoms with Gasteiger partial charge in [-0.2, -0.15) is 5.26 Å². The van der Waals surface area contributed by atoms with Gasteiger partial charge in [-0.15, -0.1) is 0 Å². The van der Waals surface area contributed by atoms with Crippen LogP contribution in [0, 0.1) is 11.3 Å². The largest absolute Gasteiger partial charge is 0.308 e. The van der Waals surface area contributed by atoms with Crippen LogP contribution in [0.4, 0.5) is 0 Å². The van der Waals surface area contributed by atoms with Crippen LogP contribution in [0.25, 0.3) is 0 Å². The fourth-order valence-corrected chi connectivity index (χ4v) is 1.64. The minimum absolute atomic E-state index is 0.297. The zero-order valence-corrected chi connectivity index (χ0v) is 9.40. The van der Waals surface area contributed by atoms with Crippen molar-refractivity contribution in [2.45, 2.75) is 38.8 Å². The molecule has 1 unspecified atom stereocenters. The number of hydrogen-bond acceptors (Lipinski definition) is 2. The van der Waals surface area contributed by atoms with E-state index in [1.807, 2.05) is 18.2 Å². The molecule has 0 spiro atoms. The van der Waals surface area contributed by atoms with Gasteiger partial charge in [-0.25, -0.2) is 0 Å². The van der Waals surface area contributed by atoms with Crippen LogP contribution in [0.1, 0.15) is 38.3 Å². The molecule has 1 aromatic rings. The Balaban J connectivity index is 2.68. The van der Waals surface area contributed by atoms with E-state index in [1.54, 1.807) is 0 Å². The van der Waals surface area contributed by atoms with Gasteiger partial charge in [0.25, 0.3) is 0 Å². The topological polar surface area (TPSA) is 35.8 Å². The maximum atomic E-state index is 8.62. The van der Waals surface area contributed by atoms with E-state index in [9.17, 15) is 0 Å².